The Hall–Kier alpha value is -3.50. The normalized spacial score (nSPS) is 16.6. The first-order valence-corrected chi connectivity index (χ1v) is 11.6. The standard InChI is InChI=1S/C16H12N2O2S.C8H12N2O2S/c19-14-11-15(20)18(13-9-5-2-6-10-13)16(21)17(14)12-7-3-1-4-8-12;1-3-9-6(11)5-7(12)10(4-2)8(9)13/h1-10H,11H2;3-5H2,1-2H3. The van der Waals surface area contributed by atoms with E-state index in [1.54, 1.807) is 24.3 Å². The fourth-order valence-electron chi connectivity index (χ4n) is 3.57. The second-order valence-electron chi connectivity index (χ2n) is 7.32. The van der Waals surface area contributed by atoms with E-state index in [0.29, 0.717) is 29.6 Å². The fourth-order valence-corrected chi connectivity index (χ4v) is 4.44. The molecule has 0 aromatic heterocycles. The first kappa shape index (κ1) is 25.1. The molecule has 2 aliphatic rings. The summed E-state index contributed by atoms with van der Waals surface area (Å²) in [7, 11) is 0. The Bertz CT molecular complexity index is 1040. The van der Waals surface area contributed by atoms with Gasteiger partial charge in [-0.25, -0.2) is 0 Å². The largest absolute Gasteiger partial charge is 0.289 e. The first-order valence-electron chi connectivity index (χ1n) is 10.7. The van der Waals surface area contributed by atoms with Gasteiger partial charge in [0.05, 0.1) is 11.4 Å². The van der Waals surface area contributed by atoms with Crippen molar-refractivity contribution in [1.82, 2.24) is 9.80 Å². The zero-order valence-electron chi connectivity index (χ0n) is 18.8. The van der Waals surface area contributed by atoms with Crippen LogP contribution in [0.15, 0.2) is 60.7 Å². The molecule has 0 bridgehead atoms. The summed E-state index contributed by atoms with van der Waals surface area (Å²) in [4.78, 5) is 52.7. The average molecular weight is 497 g/mol. The van der Waals surface area contributed by atoms with E-state index >= 15 is 0 Å². The van der Waals surface area contributed by atoms with Crippen LogP contribution in [0, 0.1) is 0 Å². The number of hydrogen-bond acceptors (Lipinski definition) is 6. The molecule has 2 fully saturated rings. The summed E-state index contributed by atoms with van der Waals surface area (Å²) in [6.45, 7) is 4.74. The third-order valence-corrected chi connectivity index (χ3v) is 6.02. The molecule has 0 aliphatic carbocycles. The molecule has 10 heteroatoms. The van der Waals surface area contributed by atoms with E-state index in [0.717, 1.165) is 0 Å². The summed E-state index contributed by atoms with van der Waals surface area (Å²) in [5, 5.41) is 0.528. The Labute approximate surface area is 208 Å². The fraction of sp³-hybridized carbons (Fsp3) is 0.250. The van der Waals surface area contributed by atoms with Gasteiger partial charge in [0.15, 0.2) is 10.2 Å². The summed E-state index contributed by atoms with van der Waals surface area (Å²) >= 11 is 10.4. The van der Waals surface area contributed by atoms with E-state index in [9.17, 15) is 19.2 Å². The van der Waals surface area contributed by atoms with Crippen LogP contribution < -0.4 is 9.80 Å². The molecule has 176 valence electrons. The number of nitrogens with zero attached hydrogens (tertiary/aromatic N) is 4. The molecule has 2 aromatic rings. The highest BCUT2D eigenvalue weighted by Crippen LogP contribution is 2.26. The van der Waals surface area contributed by atoms with Crippen LogP contribution in [-0.2, 0) is 19.2 Å². The van der Waals surface area contributed by atoms with Crippen LogP contribution in [0.4, 0.5) is 11.4 Å². The van der Waals surface area contributed by atoms with E-state index in [2.05, 4.69) is 0 Å². The highest BCUT2D eigenvalue weighted by atomic mass is 32.1. The number of anilines is 2. The van der Waals surface area contributed by atoms with Crippen molar-refractivity contribution in [2.75, 3.05) is 22.9 Å². The molecule has 0 N–H and O–H groups in total. The molecular formula is C24H24N4O4S2. The van der Waals surface area contributed by atoms with E-state index in [-0.39, 0.29) is 41.6 Å². The van der Waals surface area contributed by atoms with Gasteiger partial charge in [-0.15, -0.1) is 0 Å². The third-order valence-electron chi connectivity index (χ3n) is 5.21. The predicted octanol–water partition coefficient (Wildman–Crippen LogP) is 3.11. The summed E-state index contributed by atoms with van der Waals surface area (Å²) in [6.07, 6.45) is -0.244. The maximum atomic E-state index is 12.2. The number of para-hydroxylation sites is 2. The lowest BCUT2D eigenvalue weighted by Gasteiger charge is -2.35. The van der Waals surface area contributed by atoms with Gasteiger partial charge in [0.25, 0.3) is 0 Å². The van der Waals surface area contributed by atoms with E-state index in [1.807, 2.05) is 50.2 Å². The predicted molar refractivity (Wildman–Crippen MR) is 137 cm³/mol. The Kier molecular flexibility index (Phi) is 8.19. The highest BCUT2D eigenvalue weighted by Gasteiger charge is 2.36. The van der Waals surface area contributed by atoms with Gasteiger partial charge in [0.1, 0.15) is 12.8 Å². The molecule has 0 radical (unpaired) electrons. The Morgan fingerprint density at radius 2 is 0.941 bits per heavy atom. The number of amides is 4. The number of carbonyl (C=O) groups excluding carboxylic acids is 4. The molecule has 0 saturated carbocycles. The maximum absolute atomic E-state index is 12.2. The summed E-state index contributed by atoms with van der Waals surface area (Å²) < 4.78 is 0. The quantitative estimate of drug-likeness (QED) is 0.478. The zero-order chi connectivity index (χ0) is 24.8. The van der Waals surface area contributed by atoms with Crippen LogP contribution in [0.5, 0.6) is 0 Å². The van der Waals surface area contributed by atoms with Crippen molar-refractivity contribution >= 4 is 69.7 Å². The van der Waals surface area contributed by atoms with Crippen molar-refractivity contribution in [3.05, 3.63) is 60.7 Å². The lowest BCUT2D eigenvalue weighted by molar-refractivity contribution is -0.140. The lowest BCUT2D eigenvalue weighted by Crippen LogP contribution is -2.55. The van der Waals surface area contributed by atoms with Gasteiger partial charge < -0.3 is 0 Å². The first-order chi connectivity index (χ1) is 16.3. The van der Waals surface area contributed by atoms with Crippen LogP contribution in [0.3, 0.4) is 0 Å². The molecule has 2 aromatic carbocycles. The van der Waals surface area contributed by atoms with Crippen molar-refractivity contribution in [2.45, 2.75) is 26.7 Å². The number of thiocarbonyl (C=S) groups is 2. The topological polar surface area (TPSA) is 81.2 Å². The minimum Gasteiger partial charge on any atom is -0.289 e. The van der Waals surface area contributed by atoms with Crippen molar-refractivity contribution < 1.29 is 19.2 Å². The third kappa shape index (κ3) is 5.18. The summed E-state index contributed by atoms with van der Waals surface area (Å²) in [5.74, 6) is -0.990. The molecule has 4 rings (SSSR count). The van der Waals surface area contributed by atoms with Gasteiger partial charge in [-0.2, -0.15) is 0 Å². The van der Waals surface area contributed by atoms with Crippen molar-refractivity contribution in [1.29, 1.82) is 0 Å². The minimum atomic E-state index is -0.302. The van der Waals surface area contributed by atoms with Crippen molar-refractivity contribution in [2.24, 2.45) is 0 Å². The molecular weight excluding hydrogens is 472 g/mol. The van der Waals surface area contributed by atoms with Gasteiger partial charge in [0.2, 0.25) is 23.6 Å². The smallest absolute Gasteiger partial charge is 0.242 e. The zero-order valence-corrected chi connectivity index (χ0v) is 20.5. The monoisotopic (exact) mass is 496 g/mol. The molecule has 2 saturated heterocycles. The molecule has 0 spiro atoms. The number of carbonyl (C=O) groups is 4. The van der Waals surface area contributed by atoms with E-state index in [4.69, 9.17) is 24.4 Å². The highest BCUT2D eigenvalue weighted by molar-refractivity contribution is 7.81. The Morgan fingerprint density at radius 3 is 1.29 bits per heavy atom. The summed E-state index contributed by atoms with van der Waals surface area (Å²) in [6, 6.07) is 18.2. The molecule has 4 amide bonds. The maximum Gasteiger partial charge on any atom is 0.242 e. The van der Waals surface area contributed by atoms with Gasteiger partial charge in [-0.3, -0.25) is 38.8 Å². The molecule has 2 heterocycles. The van der Waals surface area contributed by atoms with Crippen LogP contribution in [-0.4, -0.2) is 56.7 Å². The second kappa shape index (κ2) is 11.1. The minimum absolute atomic E-state index is 0.0538. The van der Waals surface area contributed by atoms with Crippen LogP contribution in [0.2, 0.25) is 0 Å². The van der Waals surface area contributed by atoms with E-state index < -0.39 is 0 Å². The molecule has 0 atom stereocenters. The molecule has 8 nitrogen and oxygen atoms in total. The van der Waals surface area contributed by atoms with Gasteiger partial charge in [0, 0.05) is 13.1 Å². The van der Waals surface area contributed by atoms with E-state index in [1.165, 1.54) is 19.6 Å². The van der Waals surface area contributed by atoms with Crippen LogP contribution >= 0.6 is 24.4 Å². The SMILES string of the molecule is CCN1C(=O)CC(=O)N(CC)C1=S.O=C1CC(=O)N(c2ccccc2)C(=S)N1c1ccccc1. The van der Waals surface area contributed by atoms with Gasteiger partial charge in [-0.1, -0.05) is 36.4 Å². The molecule has 0 unspecified atom stereocenters. The molecule has 2 aliphatic heterocycles. The van der Waals surface area contributed by atoms with Crippen LogP contribution in [0.25, 0.3) is 0 Å². The average Bonchev–Trinajstić information content (AvgIpc) is 2.81. The van der Waals surface area contributed by atoms with Gasteiger partial charge in [-0.05, 0) is 62.5 Å². The Balaban J connectivity index is 0.000000215. The Morgan fingerprint density at radius 1 is 0.588 bits per heavy atom. The van der Waals surface area contributed by atoms with Crippen molar-refractivity contribution in [3.8, 4) is 0 Å². The second-order valence-corrected chi connectivity index (χ2v) is 8.05. The lowest BCUT2D eigenvalue weighted by atomic mass is 10.2. The van der Waals surface area contributed by atoms with Crippen molar-refractivity contribution in [3.63, 3.8) is 0 Å². The van der Waals surface area contributed by atoms with Crippen LogP contribution in [0.1, 0.15) is 26.7 Å². The number of rotatable bonds is 4. The van der Waals surface area contributed by atoms with Gasteiger partial charge >= 0.3 is 0 Å². The number of hydrogen-bond donors (Lipinski definition) is 0. The number of benzene rings is 2. The molecule has 34 heavy (non-hydrogen) atoms. The summed E-state index contributed by atoms with van der Waals surface area (Å²) in [5.41, 5.74) is 1.34.